The summed E-state index contributed by atoms with van der Waals surface area (Å²) in [6.45, 7) is 2.80. The number of amides is 2. The second kappa shape index (κ2) is 13.2. The Morgan fingerprint density at radius 3 is 1.84 bits per heavy atom. The first kappa shape index (κ1) is 26.6. The molecular weight excluding hydrogens is 468 g/mol. The van der Waals surface area contributed by atoms with Crippen molar-refractivity contribution in [2.75, 3.05) is 19.7 Å². The summed E-state index contributed by atoms with van der Waals surface area (Å²) in [5, 5.41) is 3.06. The Morgan fingerprint density at radius 1 is 0.730 bits per heavy atom. The molecule has 6 rings (SSSR count). The molecule has 7 heteroatoms. The Hall–Kier alpha value is -1.96. The topological polar surface area (TPSA) is 68.3 Å². The van der Waals surface area contributed by atoms with E-state index in [0.29, 0.717) is 6.61 Å². The van der Waals surface area contributed by atoms with Gasteiger partial charge in [0.05, 0.1) is 24.9 Å². The lowest BCUT2D eigenvalue weighted by atomic mass is 9.88. The maximum atomic E-state index is 12.0. The molecule has 0 N–H and O–H groups in total. The summed E-state index contributed by atoms with van der Waals surface area (Å²) >= 11 is 0. The van der Waals surface area contributed by atoms with Crippen molar-refractivity contribution in [3.05, 3.63) is 35.9 Å². The van der Waals surface area contributed by atoms with Crippen LogP contribution in [0, 0.1) is 23.7 Å². The van der Waals surface area contributed by atoms with Crippen molar-refractivity contribution in [1.82, 2.24) is 10.1 Å². The summed E-state index contributed by atoms with van der Waals surface area (Å²) in [6.07, 6.45) is 15.8. The van der Waals surface area contributed by atoms with Crippen molar-refractivity contribution in [3.63, 3.8) is 0 Å². The predicted octanol–water partition coefficient (Wildman–Crippen LogP) is 5.64. The molecule has 0 radical (unpaired) electrons. The molecule has 3 atom stereocenters. The van der Waals surface area contributed by atoms with Crippen molar-refractivity contribution in [1.29, 1.82) is 0 Å². The summed E-state index contributed by atoms with van der Waals surface area (Å²) in [6, 6.07) is 9.98. The summed E-state index contributed by atoms with van der Waals surface area (Å²) in [5.41, 5.74) is 1.11. The van der Waals surface area contributed by atoms with Crippen LogP contribution >= 0.6 is 0 Å². The van der Waals surface area contributed by atoms with E-state index in [2.05, 4.69) is 0 Å². The molecule has 3 heterocycles. The van der Waals surface area contributed by atoms with Crippen molar-refractivity contribution >= 4 is 11.8 Å². The Morgan fingerprint density at radius 2 is 1.30 bits per heavy atom. The highest BCUT2D eigenvalue weighted by Crippen LogP contribution is 2.35. The molecular formula is C30H44N2O5. The fraction of sp³-hybridized carbons (Fsp3) is 0.733. The normalized spacial score (nSPS) is 28.6. The van der Waals surface area contributed by atoms with E-state index in [0.717, 1.165) is 69.2 Å². The number of hydroxylamine groups is 4. The third-order valence-corrected chi connectivity index (χ3v) is 8.76. The molecule has 2 amide bonds. The van der Waals surface area contributed by atoms with Gasteiger partial charge in [0.1, 0.15) is 6.61 Å². The summed E-state index contributed by atoms with van der Waals surface area (Å²) in [7, 11) is 0. The first-order valence-electron chi connectivity index (χ1n) is 14.7. The number of hydrogen-bond donors (Lipinski definition) is 0. The summed E-state index contributed by atoms with van der Waals surface area (Å²) in [4.78, 5) is 35.1. The lowest BCUT2D eigenvalue weighted by Gasteiger charge is -2.40. The number of carbonyl (C=O) groups excluding carboxylic acids is 2. The third kappa shape index (κ3) is 7.33. The van der Waals surface area contributed by atoms with E-state index in [-0.39, 0.29) is 29.9 Å². The average Bonchev–Trinajstić information content (AvgIpc) is 3.65. The molecule has 3 aliphatic heterocycles. The molecule has 2 aliphatic carbocycles. The van der Waals surface area contributed by atoms with Gasteiger partial charge in [0.15, 0.2) is 6.29 Å². The van der Waals surface area contributed by atoms with Gasteiger partial charge >= 0.3 is 0 Å². The van der Waals surface area contributed by atoms with Crippen LogP contribution < -0.4 is 0 Å². The summed E-state index contributed by atoms with van der Waals surface area (Å²) < 4.78 is 5.49. The van der Waals surface area contributed by atoms with E-state index in [1.807, 2.05) is 30.3 Å². The van der Waals surface area contributed by atoms with E-state index in [4.69, 9.17) is 14.4 Å². The predicted molar refractivity (Wildman–Crippen MR) is 139 cm³/mol. The molecule has 2 saturated carbocycles. The number of nitrogens with zero attached hydrogens (tertiary/aromatic N) is 2. The van der Waals surface area contributed by atoms with Gasteiger partial charge in [0.2, 0.25) is 0 Å². The largest absolute Gasteiger partial charge is 0.350 e. The first-order valence-corrected chi connectivity index (χ1v) is 14.7. The van der Waals surface area contributed by atoms with Gasteiger partial charge in [-0.05, 0) is 43.1 Å². The van der Waals surface area contributed by atoms with E-state index >= 15 is 0 Å². The first-order chi connectivity index (χ1) is 18.2. The molecule has 1 aromatic carbocycles. The van der Waals surface area contributed by atoms with Gasteiger partial charge in [-0.1, -0.05) is 81.7 Å². The van der Waals surface area contributed by atoms with E-state index < -0.39 is 0 Å². The van der Waals surface area contributed by atoms with Crippen LogP contribution in [0.15, 0.2) is 30.3 Å². The summed E-state index contributed by atoms with van der Waals surface area (Å²) in [5.74, 6) is 2.37. The molecule has 0 bridgehead atoms. The number of benzene rings is 1. The molecule has 5 fully saturated rings. The van der Waals surface area contributed by atoms with Gasteiger partial charge in [-0.25, -0.2) is 15.0 Å². The molecule has 1 unspecified atom stereocenters. The van der Waals surface area contributed by atoms with Crippen LogP contribution in [0.5, 0.6) is 0 Å². The zero-order chi connectivity index (χ0) is 25.5. The van der Waals surface area contributed by atoms with Crippen molar-refractivity contribution in [3.8, 4) is 0 Å². The monoisotopic (exact) mass is 512 g/mol. The Labute approximate surface area is 221 Å². The lowest BCUT2D eigenvalue weighted by Crippen LogP contribution is -2.54. The van der Waals surface area contributed by atoms with Gasteiger partial charge in [0.25, 0.3) is 11.8 Å². The standard InChI is InChI=1S/C16H21NO2.C14H23NO3/c18-16-15(10-13-6-4-5-7-13)11-17(16)19-12-14-8-2-1-3-9-14;16-14-12(9-11-5-1-2-6-11)10-15(14)18-13-7-3-4-8-17-13/h1-3,8-9,13,15H,4-7,10-12H2;11-13H,1-10H2/t15-;12-,13?/m11/s1. The zero-order valence-corrected chi connectivity index (χ0v) is 22.2. The highest BCUT2D eigenvalue weighted by Gasteiger charge is 2.41. The molecule has 7 nitrogen and oxygen atoms in total. The van der Waals surface area contributed by atoms with Crippen LogP contribution in [-0.2, 0) is 30.6 Å². The molecule has 0 spiro atoms. The van der Waals surface area contributed by atoms with Gasteiger partial charge < -0.3 is 4.74 Å². The fourth-order valence-electron chi connectivity index (χ4n) is 6.44. The molecule has 3 saturated heterocycles. The number of carbonyl (C=O) groups is 2. The number of β-lactam (4-membered cyclic amide) rings is 2. The highest BCUT2D eigenvalue weighted by molar-refractivity contribution is 5.83. The second-order valence-corrected chi connectivity index (χ2v) is 11.6. The van der Waals surface area contributed by atoms with Gasteiger partial charge in [-0.15, -0.1) is 0 Å². The third-order valence-electron chi connectivity index (χ3n) is 8.76. The minimum atomic E-state index is -0.185. The van der Waals surface area contributed by atoms with E-state index in [1.54, 1.807) is 0 Å². The van der Waals surface area contributed by atoms with Crippen molar-refractivity contribution < 1.29 is 24.0 Å². The average molecular weight is 513 g/mol. The molecule has 204 valence electrons. The van der Waals surface area contributed by atoms with Crippen molar-refractivity contribution in [2.24, 2.45) is 23.7 Å². The van der Waals surface area contributed by atoms with Crippen molar-refractivity contribution in [2.45, 2.75) is 96.4 Å². The number of rotatable bonds is 9. The second-order valence-electron chi connectivity index (χ2n) is 11.6. The molecule has 1 aromatic rings. The van der Waals surface area contributed by atoms with Gasteiger partial charge in [-0.2, -0.15) is 0 Å². The van der Waals surface area contributed by atoms with Crippen LogP contribution in [0.3, 0.4) is 0 Å². The number of hydrogen-bond acceptors (Lipinski definition) is 5. The van der Waals surface area contributed by atoms with Crippen LogP contribution in [0.2, 0.25) is 0 Å². The van der Waals surface area contributed by atoms with E-state index in [9.17, 15) is 9.59 Å². The van der Waals surface area contributed by atoms with Gasteiger partial charge in [-0.3, -0.25) is 14.4 Å². The quantitative estimate of drug-likeness (QED) is 0.401. The van der Waals surface area contributed by atoms with Crippen LogP contribution in [-0.4, -0.2) is 47.9 Å². The van der Waals surface area contributed by atoms with Gasteiger partial charge in [0, 0.05) is 13.0 Å². The van der Waals surface area contributed by atoms with Crippen LogP contribution in [0.25, 0.3) is 0 Å². The van der Waals surface area contributed by atoms with Crippen LogP contribution in [0.4, 0.5) is 0 Å². The Bertz CT molecular complexity index is 862. The molecule has 37 heavy (non-hydrogen) atoms. The minimum Gasteiger partial charge on any atom is -0.350 e. The smallest absolute Gasteiger partial charge is 0.251 e. The zero-order valence-electron chi connectivity index (χ0n) is 22.2. The fourth-order valence-corrected chi connectivity index (χ4v) is 6.44. The molecule has 5 aliphatic rings. The Kier molecular flexibility index (Phi) is 9.51. The highest BCUT2D eigenvalue weighted by atomic mass is 16.8. The Balaban J connectivity index is 0.000000152. The maximum absolute atomic E-state index is 12.0. The van der Waals surface area contributed by atoms with E-state index in [1.165, 1.54) is 61.5 Å². The van der Waals surface area contributed by atoms with Crippen LogP contribution in [0.1, 0.15) is 89.0 Å². The maximum Gasteiger partial charge on any atom is 0.251 e. The minimum absolute atomic E-state index is 0.177. The SMILES string of the molecule is O=C1[C@H](CC2CCCC2)CN1OC1CCCCO1.O=C1[C@H](CC2CCCC2)CN1OCc1ccccc1. The number of ether oxygens (including phenoxy) is 1. The lowest BCUT2D eigenvalue weighted by molar-refractivity contribution is -0.301. The molecule has 0 aromatic heterocycles.